The van der Waals surface area contributed by atoms with Gasteiger partial charge in [-0.1, -0.05) is 37.1 Å². The maximum absolute atomic E-state index is 5.75. The molecule has 0 heterocycles. The van der Waals surface area contributed by atoms with E-state index in [2.05, 4.69) is 6.42 Å². The van der Waals surface area contributed by atoms with Crippen LogP contribution in [0.25, 0.3) is 0 Å². The first kappa shape index (κ1) is 16.0. The molecule has 0 N–H and O–H groups in total. The summed E-state index contributed by atoms with van der Waals surface area (Å²) in [6.45, 7) is 0. The molecule has 0 atom stereocenters. The van der Waals surface area contributed by atoms with E-state index in [4.69, 9.17) is 4.11 Å². The Hall–Kier alpha value is -0.440. The standard InChI is InChI=1S/C2H2.5CH4/c1-2;;;;;/h1-2H;5*1H4/i3*1T;;;. The van der Waals surface area contributed by atoms with Crippen LogP contribution in [0.15, 0.2) is 0 Å². The van der Waals surface area contributed by atoms with Crippen molar-refractivity contribution in [3.63, 3.8) is 0 Å². The Morgan fingerprint density at radius 3 is 1.00 bits per heavy atom. The van der Waals surface area contributed by atoms with Crippen LogP contribution in [0.3, 0.4) is 0 Å². The first-order valence-electron chi connectivity index (χ1n) is 2.79. The highest BCUT2D eigenvalue weighted by Gasteiger charge is 0.454. The maximum Gasteiger partial charge on any atom is 0.124 e. The minimum Gasteiger partial charge on any atom is -0.124 e. The van der Waals surface area contributed by atoms with Crippen LogP contribution >= 0.6 is 0 Å². The van der Waals surface area contributed by atoms with Gasteiger partial charge in [0.1, 0.15) is 1.37 Å². The SMILES string of the molecule is C.C.C.[3H]C.[3H]C.[3H]C#C. The average Bonchev–Trinajstić information content (AvgIpc) is 1.78. The molecule has 0 saturated carbocycles. The molecule has 0 nitrogen and oxygen atoms in total. The first-order chi connectivity index (χ1) is 3.41. The van der Waals surface area contributed by atoms with Gasteiger partial charge in [-0.25, -0.2) is 0 Å². The largest absolute Gasteiger partial charge is 0.124 e. The van der Waals surface area contributed by atoms with E-state index in [0.717, 1.165) is 0 Å². The molecule has 0 amide bonds. The van der Waals surface area contributed by atoms with Gasteiger partial charge in [0.15, 0.2) is 0 Å². The summed E-state index contributed by atoms with van der Waals surface area (Å²) in [5.41, 5.74) is 0. The summed E-state index contributed by atoms with van der Waals surface area (Å²) in [5, 5.41) is 0. The predicted octanol–water partition coefficient (Wildman–Crippen LogP) is 3.43. The fourth-order valence-electron chi connectivity index (χ4n) is 0. The van der Waals surface area contributed by atoms with E-state index in [-0.39, 0.29) is 22.3 Å². The maximum atomic E-state index is 5.75. The summed E-state index contributed by atoms with van der Waals surface area (Å²) in [6, 6.07) is 0. The molecule has 0 radical (unpaired) electrons. The molecule has 0 aliphatic heterocycles. The zero-order valence-corrected chi connectivity index (χ0v) is 3.08. The van der Waals surface area contributed by atoms with E-state index < -0.39 is 0 Å². The summed E-state index contributed by atoms with van der Waals surface area (Å²) in [6.07, 6.45) is 5.76. The fourth-order valence-corrected chi connectivity index (χ4v) is 0. The van der Waals surface area contributed by atoms with E-state index in [0.29, 0.717) is 0 Å². The minimum atomic E-state index is 0. The van der Waals surface area contributed by atoms with Crippen molar-refractivity contribution < 1.29 is 4.11 Å². The Labute approximate surface area is 55.2 Å². The topological polar surface area (TPSA) is 0 Å². The highest BCUT2D eigenvalue weighted by atomic mass is 12.6. The molecular formula is C7H22. The molecule has 0 aromatic heterocycles. The molecule has 7 heavy (non-hydrogen) atoms. The van der Waals surface area contributed by atoms with Crippen molar-refractivity contribution in [1.82, 2.24) is 0 Å². The van der Waals surface area contributed by atoms with Crippen molar-refractivity contribution in [3.05, 3.63) is 0 Å². The number of hydrogen-bond donors (Lipinski definition) is 0. The first-order valence-corrected chi connectivity index (χ1v) is 0.289. The Morgan fingerprint density at radius 1 is 1.00 bits per heavy atom. The highest BCUT2D eigenvalue weighted by Crippen LogP contribution is 0.579. The fraction of sp³-hybridized carbons (Fsp3) is 0.714. The summed E-state index contributed by atoms with van der Waals surface area (Å²) in [4.78, 5) is 0. The monoisotopic (exact) mass is 112 g/mol. The lowest BCUT2D eigenvalue weighted by atomic mass is 11.4. The molecule has 0 unspecified atom stereocenters. The van der Waals surface area contributed by atoms with Crippen LogP contribution in [0.1, 0.15) is 41.2 Å². The molecule has 0 heteroatoms. The van der Waals surface area contributed by atoms with Gasteiger partial charge in [0, 0.05) is 2.74 Å². The molecule has 0 rings (SSSR count). The Kier molecular flexibility index (Phi) is 1370. The van der Waals surface area contributed by atoms with Crippen molar-refractivity contribution in [2.45, 2.75) is 37.1 Å². The zero-order valence-electron chi connectivity index (χ0n) is 6.08. The summed E-state index contributed by atoms with van der Waals surface area (Å²) < 4.78 is 17.2. The molecule has 0 bridgehead atoms. The van der Waals surface area contributed by atoms with Gasteiger partial charge in [0.05, 0.1) is 0 Å². The molecule has 0 fully saturated rings. The van der Waals surface area contributed by atoms with Crippen molar-refractivity contribution in [1.29, 1.82) is 0 Å². The highest BCUT2D eigenvalue weighted by molar-refractivity contribution is 4.47. The number of hydrogen-bond acceptors (Lipinski definition) is 0. The van der Waals surface area contributed by atoms with Crippen LogP contribution in [-0.2, 0) is 0 Å². The van der Waals surface area contributed by atoms with Crippen LogP contribution in [0.4, 0.5) is 0 Å². The molecule has 0 aromatic carbocycles. The third-order valence-electron chi connectivity index (χ3n) is 0. The van der Waals surface area contributed by atoms with Gasteiger partial charge in [-0.3, -0.25) is 0 Å². The molecule has 0 aliphatic rings. The van der Waals surface area contributed by atoms with Crippen molar-refractivity contribution in [3.8, 4) is 12.8 Å². The second-order valence-corrected chi connectivity index (χ2v) is 0. The lowest BCUT2D eigenvalue weighted by Gasteiger charge is -0.701. The predicted molar refractivity (Wildman–Crippen MR) is 43.5 cm³/mol. The van der Waals surface area contributed by atoms with Crippen LogP contribution < -0.4 is 0 Å². The van der Waals surface area contributed by atoms with E-state index in [9.17, 15) is 0 Å². The molecular weight excluding hydrogens is 84.1 g/mol. The van der Waals surface area contributed by atoms with E-state index >= 15 is 0 Å². The van der Waals surface area contributed by atoms with Gasteiger partial charge < -0.3 is 0 Å². The molecule has 0 aromatic rings. The van der Waals surface area contributed by atoms with Gasteiger partial charge in [-0.2, -0.15) is 0 Å². The third-order valence-corrected chi connectivity index (χ3v) is 0. The lowest BCUT2D eigenvalue weighted by Crippen LogP contribution is -0.576. The van der Waals surface area contributed by atoms with Gasteiger partial charge >= 0.3 is 0 Å². The molecule has 0 spiro atoms. The summed E-state index contributed by atoms with van der Waals surface area (Å²) >= 11 is 0. The zero-order chi connectivity index (χ0) is 6.71. The van der Waals surface area contributed by atoms with Crippen LogP contribution in [0.2, 0.25) is 0 Å². The van der Waals surface area contributed by atoms with E-state index in [1.165, 1.54) is 21.2 Å². The summed E-state index contributed by atoms with van der Waals surface area (Å²) in [7, 11) is 2.50. The normalized spacial score (nSPS) is 3.29. The van der Waals surface area contributed by atoms with Gasteiger partial charge in [-0.05, 0) is 0 Å². The molecule has 0 saturated heterocycles. The van der Waals surface area contributed by atoms with E-state index in [1.54, 1.807) is 0 Å². The van der Waals surface area contributed by atoms with Crippen LogP contribution in [0, 0.1) is 12.8 Å². The minimum absolute atomic E-state index is 0. The quantitative estimate of drug-likeness (QED) is 0.421. The van der Waals surface area contributed by atoms with Gasteiger partial charge in [0.2, 0.25) is 0 Å². The van der Waals surface area contributed by atoms with Crippen LogP contribution in [0.5, 0.6) is 0 Å². The van der Waals surface area contributed by atoms with Crippen molar-refractivity contribution >= 4 is 0 Å². The number of rotatable bonds is 0. The lowest BCUT2D eigenvalue weighted by molar-refractivity contribution is 2.50. The molecule has 50 valence electrons. The van der Waals surface area contributed by atoms with Gasteiger partial charge in [0.25, 0.3) is 0 Å². The third kappa shape index (κ3) is 364. The second-order valence-electron chi connectivity index (χ2n) is 0. The Bertz CT molecular complexity index is 30.3. The van der Waals surface area contributed by atoms with Crippen molar-refractivity contribution in [2.24, 2.45) is 0 Å². The van der Waals surface area contributed by atoms with Crippen molar-refractivity contribution in [2.75, 3.05) is 0 Å². The van der Waals surface area contributed by atoms with Gasteiger partial charge in [-0.15, -0.1) is 12.8 Å². The Balaban J connectivity index is -0.00000000536. The van der Waals surface area contributed by atoms with E-state index in [1.807, 2.05) is 0 Å². The second kappa shape index (κ2) is 597. The van der Waals surface area contributed by atoms with Crippen LogP contribution in [-0.4, -0.2) is 0 Å². The smallest absolute Gasteiger partial charge is 0.124 e. The number of terminal acetylenes is 1. The molecule has 0 aliphatic carbocycles. The Morgan fingerprint density at radius 2 is 1.00 bits per heavy atom. The summed E-state index contributed by atoms with van der Waals surface area (Å²) in [5.74, 6) is 0. The average molecular weight is 112 g/mol.